The Balaban J connectivity index is 1.81. The molecule has 1 aromatic rings. The van der Waals surface area contributed by atoms with Crippen molar-refractivity contribution >= 4 is 15.9 Å². The van der Waals surface area contributed by atoms with Crippen molar-refractivity contribution in [2.24, 2.45) is 0 Å². The van der Waals surface area contributed by atoms with Gasteiger partial charge in [-0.2, -0.15) is 0 Å². The molecule has 2 unspecified atom stereocenters. The third-order valence-corrected chi connectivity index (χ3v) is 4.99. The number of nitrogens with one attached hydrogen (secondary N) is 1. The summed E-state index contributed by atoms with van der Waals surface area (Å²) in [4.78, 5) is 0. The van der Waals surface area contributed by atoms with E-state index in [1.807, 2.05) is 0 Å². The van der Waals surface area contributed by atoms with Gasteiger partial charge in [0.05, 0.1) is 4.47 Å². The lowest BCUT2D eigenvalue weighted by Gasteiger charge is -2.35. The fourth-order valence-corrected chi connectivity index (χ4v) is 3.77. The summed E-state index contributed by atoms with van der Waals surface area (Å²) in [6, 6.07) is 5.46. The van der Waals surface area contributed by atoms with Crippen molar-refractivity contribution < 1.29 is 8.78 Å². The van der Waals surface area contributed by atoms with Crippen LogP contribution in [0.4, 0.5) is 8.78 Å². The Hall–Kier alpha value is -0.480. The lowest BCUT2D eigenvalue weighted by Crippen LogP contribution is -2.47. The zero-order chi connectivity index (χ0) is 12.8. The van der Waals surface area contributed by atoms with Crippen LogP contribution in [0, 0.1) is 5.82 Å². The average molecular weight is 316 g/mol. The van der Waals surface area contributed by atoms with Gasteiger partial charge in [0.15, 0.2) is 0 Å². The molecule has 2 heterocycles. The third kappa shape index (κ3) is 2.32. The lowest BCUT2D eigenvalue weighted by molar-refractivity contribution is 0.0891. The number of benzene rings is 1. The summed E-state index contributed by atoms with van der Waals surface area (Å²) < 4.78 is 28.8. The van der Waals surface area contributed by atoms with Crippen molar-refractivity contribution in [1.82, 2.24) is 5.32 Å². The Morgan fingerprint density at radius 2 is 1.94 bits per heavy atom. The van der Waals surface area contributed by atoms with Crippen LogP contribution < -0.4 is 5.32 Å². The zero-order valence-electron chi connectivity index (χ0n) is 10.1. The third-order valence-electron chi connectivity index (χ3n) is 4.10. The number of hydrogen-bond donors (Lipinski definition) is 1. The molecule has 1 aromatic carbocycles. The molecule has 1 nitrogen and oxygen atoms in total. The van der Waals surface area contributed by atoms with Gasteiger partial charge in [-0.05, 0) is 53.2 Å². The Morgan fingerprint density at radius 3 is 2.61 bits per heavy atom. The summed E-state index contributed by atoms with van der Waals surface area (Å²) in [5.74, 6) is -0.312. The van der Waals surface area contributed by atoms with Crippen LogP contribution >= 0.6 is 15.9 Å². The molecule has 2 saturated heterocycles. The van der Waals surface area contributed by atoms with E-state index in [1.165, 1.54) is 6.07 Å². The predicted molar refractivity (Wildman–Crippen MR) is 70.8 cm³/mol. The van der Waals surface area contributed by atoms with E-state index in [9.17, 15) is 8.78 Å². The predicted octanol–water partition coefficient (Wildman–Crippen LogP) is 3.75. The molecular weight excluding hydrogens is 300 g/mol. The van der Waals surface area contributed by atoms with E-state index in [2.05, 4.69) is 21.2 Å². The molecule has 2 aliphatic heterocycles. The molecule has 2 atom stereocenters. The molecule has 2 fully saturated rings. The molecule has 0 aromatic heterocycles. The number of piperidine rings is 1. The van der Waals surface area contributed by atoms with Gasteiger partial charge < -0.3 is 5.32 Å². The van der Waals surface area contributed by atoms with Crippen LogP contribution in [0.15, 0.2) is 22.7 Å². The molecule has 4 heteroatoms. The number of hydrogen-bond acceptors (Lipinski definition) is 1. The van der Waals surface area contributed by atoms with Gasteiger partial charge in [0.2, 0.25) is 0 Å². The van der Waals surface area contributed by atoms with Gasteiger partial charge in [0, 0.05) is 18.5 Å². The fraction of sp³-hybridized carbons (Fsp3) is 0.571. The summed E-state index contributed by atoms with van der Waals surface area (Å²) in [7, 11) is 0. The Bertz CT molecular complexity index is 451. The zero-order valence-corrected chi connectivity index (χ0v) is 11.6. The van der Waals surface area contributed by atoms with Crippen LogP contribution in [0.1, 0.15) is 31.2 Å². The normalized spacial score (nSPS) is 34.8. The van der Waals surface area contributed by atoms with Crippen molar-refractivity contribution in [2.45, 2.75) is 49.9 Å². The number of alkyl halides is 1. The second kappa shape index (κ2) is 4.57. The molecule has 18 heavy (non-hydrogen) atoms. The van der Waals surface area contributed by atoms with Crippen molar-refractivity contribution in [1.29, 1.82) is 0 Å². The first kappa shape index (κ1) is 12.5. The van der Waals surface area contributed by atoms with Crippen LogP contribution in [0.3, 0.4) is 0 Å². The second-order valence-electron chi connectivity index (χ2n) is 5.59. The maximum Gasteiger partial charge on any atom is 0.137 e. The molecule has 0 amide bonds. The van der Waals surface area contributed by atoms with Gasteiger partial charge >= 0.3 is 0 Å². The van der Waals surface area contributed by atoms with Crippen LogP contribution in [-0.4, -0.2) is 17.8 Å². The highest BCUT2D eigenvalue weighted by molar-refractivity contribution is 9.10. The maximum absolute atomic E-state index is 14.9. The summed E-state index contributed by atoms with van der Waals surface area (Å²) in [5, 5.41) is 3.43. The van der Waals surface area contributed by atoms with Crippen molar-refractivity contribution in [3.05, 3.63) is 34.1 Å². The van der Waals surface area contributed by atoms with E-state index in [1.54, 1.807) is 12.1 Å². The van der Waals surface area contributed by atoms with E-state index >= 15 is 0 Å². The van der Waals surface area contributed by atoms with Crippen molar-refractivity contribution in [3.63, 3.8) is 0 Å². The van der Waals surface area contributed by atoms with Gasteiger partial charge in [-0.25, -0.2) is 8.78 Å². The highest BCUT2D eigenvalue weighted by Crippen LogP contribution is 2.40. The van der Waals surface area contributed by atoms with Gasteiger partial charge in [-0.3, -0.25) is 0 Å². The van der Waals surface area contributed by atoms with E-state index < -0.39 is 5.67 Å². The summed E-state index contributed by atoms with van der Waals surface area (Å²) in [6.07, 6.45) is 3.54. The van der Waals surface area contributed by atoms with Crippen LogP contribution in [0.2, 0.25) is 0 Å². The fourth-order valence-electron chi connectivity index (χ4n) is 3.36. The first-order valence-corrected chi connectivity index (χ1v) is 7.23. The van der Waals surface area contributed by atoms with Crippen LogP contribution in [0.25, 0.3) is 0 Å². The van der Waals surface area contributed by atoms with Gasteiger partial charge in [-0.15, -0.1) is 0 Å². The minimum absolute atomic E-state index is 0.306. The molecule has 1 N–H and O–H groups in total. The SMILES string of the molecule is Fc1cccc(CC2(F)CC3CCC(C2)N3)c1Br. The van der Waals surface area contributed by atoms with E-state index in [0.29, 0.717) is 35.8 Å². The molecule has 0 aliphatic carbocycles. The van der Waals surface area contributed by atoms with Crippen LogP contribution in [0.5, 0.6) is 0 Å². The summed E-state index contributed by atoms with van der Waals surface area (Å²) in [6.45, 7) is 0. The van der Waals surface area contributed by atoms with Gasteiger partial charge in [0.1, 0.15) is 11.5 Å². The first-order chi connectivity index (χ1) is 8.56. The summed E-state index contributed by atoms with van der Waals surface area (Å²) in [5.41, 5.74) is -0.452. The lowest BCUT2D eigenvalue weighted by atomic mass is 9.84. The number of rotatable bonds is 2. The van der Waals surface area contributed by atoms with E-state index in [4.69, 9.17) is 0 Å². The van der Waals surface area contributed by atoms with E-state index in [0.717, 1.165) is 18.4 Å². The van der Waals surface area contributed by atoms with Gasteiger partial charge in [0.25, 0.3) is 0 Å². The van der Waals surface area contributed by atoms with Crippen molar-refractivity contribution in [3.8, 4) is 0 Å². The quantitative estimate of drug-likeness (QED) is 0.876. The minimum atomic E-state index is -1.19. The second-order valence-corrected chi connectivity index (χ2v) is 6.38. The monoisotopic (exact) mass is 315 g/mol. The molecule has 0 spiro atoms. The topological polar surface area (TPSA) is 12.0 Å². The summed E-state index contributed by atoms with van der Waals surface area (Å²) >= 11 is 3.22. The molecular formula is C14H16BrF2N. The highest BCUT2D eigenvalue weighted by atomic mass is 79.9. The van der Waals surface area contributed by atoms with Gasteiger partial charge in [-0.1, -0.05) is 12.1 Å². The Kier molecular flexibility index (Phi) is 3.18. The minimum Gasteiger partial charge on any atom is -0.311 e. The maximum atomic E-state index is 14.9. The number of fused-ring (bicyclic) bond motifs is 2. The molecule has 2 aliphatic rings. The molecule has 2 bridgehead atoms. The number of halogens is 3. The molecule has 98 valence electrons. The largest absolute Gasteiger partial charge is 0.311 e. The molecule has 3 rings (SSSR count). The average Bonchev–Trinajstić information content (AvgIpc) is 2.65. The Labute approximate surface area is 114 Å². The van der Waals surface area contributed by atoms with Crippen LogP contribution in [-0.2, 0) is 6.42 Å². The molecule has 0 radical (unpaired) electrons. The van der Waals surface area contributed by atoms with Crippen molar-refractivity contribution in [2.75, 3.05) is 0 Å². The molecule has 0 saturated carbocycles. The highest BCUT2D eigenvalue weighted by Gasteiger charge is 2.44. The van der Waals surface area contributed by atoms with E-state index in [-0.39, 0.29) is 5.82 Å². The smallest absolute Gasteiger partial charge is 0.137 e. The first-order valence-electron chi connectivity index (χ1n) is 6.44. The standard InChI is InChI=1S/C14H16BrF2N/c15-13-9(2-1-3-12(13)16)6-14(17)7-10-4-5-11(8-14)18-10/h1-3,10-11,18H,4-8H2. The Morgan fingerprint density at radius 1 is 1.28 bits per heavy atom.